The number of hydrogen-bond donors (Lipinski definition) is 4. The fourth-order valence-electron chi connectivity index (χ4n) is 4.50. The van der Waals surface area contributed by atoms with Crippen molar-refractivity contribution in [1.29, 1.82) is 0 Å². The molecule has 0 fully saturated rings. The Morgan fingerprint density at radius 3 is 1.17 bits per heavy atom. The Hall–Kier alpha value is -4.86. The molecule has 48 heavy (non-hydrogen) atoms. The number of methoxy groups -OCH3 is 2. The molecule has 0 atom stereocenters. The lowest BCUT2D eigenvalue weighted by Gasteiger charge is -2.39. The van der Waals surface area contributed by atoms with Crippen LogP contribution in [0.15, 0.2) is 30.3 Å². The molecule has 0 aromatic heterocycles. The molecule has 0 aliphatic carbocycles. The number of unbranched alkanes of at least 4 members (excludes halogenated alkanes) is 4. The second-order valence-corrected chi connectivity index (χ2v) is 10.7. The summed E-state index contributed by atoms with van der Waals surface area (Å²) in [5.74, 6) is -3.33. The van der Waals surface area contributed by atoms with Crippen molar-refractivity contribution in [3.05, 3.63) is 66.9 Å². The van der Waals surface area contributed by atoms with Gasteiger partial charge in [0.25, 0.3) is 0 Å². The van der Waals surface area contributed by atoms with Crippen LogP contribution in [0.5, 0.6) is 23.0 Å². The van der Waals surface area contributed by atoms with Gasteiger partial charge in [0.2, 0.25) is 0 Å². The van der Waals surface area contributed by atoms with Crippen LogP contribution in [0.1, 0.15) is 99.8 Å². The van der Waals surface area contributed by atoms with E-state index in [1.54, 1.807) is 0 Å². The van der Waals surface area contributed by atoms with Gasteiger partial charge < -0.3 is 49.7 Å². The van der Waals surface area contributed by atoms with E-state index in [-0.39, 0.29) is 22.6 Å². The first-order valence-electron chi connectivity index (χ1n) is 15.6. The standard InChI is InChI=1S/C16H36N.C8H7NO6.C8H8O4.NO3/c1-5-9-13-17(14-10-6-2,15-11-7-3)16-12-8-4;1-15-8(12)4-2-5(10)7(9(13)14)6(11)3-4;1-12-8(11)5-2-6(9)4-7(10)3-5;2-1(3)4/h5-16H2,1-4H3;2-3,10-11H,1H3;2-4,9-10H,1H3;/q+1;;;-1. The fraction of sp³-hybridized carbons (Fsp3) is 0.562. The summed E-state index contributed by atoms with van der Waals surface area (Å²) in [6, 6.07) is 5.26. The van der Waals surface area contributed by atoms with Gasteiger partial charge in [-0.15, -0.1) is 0 Å². The smallest absolute Gasteiger partial charge is 0.351 e. The number of rotatable bonds is 15. The summed E-state index contributed by atoms with van der Waals surface area (Å²) in [5, 5.41) is 61.4. The fourth-order valence-corrected chi connectivity index (χ4v) is 4.50. The third-order valence-electron chi connectivity index (χ3n) is 6.94. The minimum absolute atomic E-state index is 0.120. The number of esters is 2. The number of phenols is 4. The Labute approximate surface area is 281 Å². The SMILES string of the molecule is CCCC[N+](CCCC)(CCCC)CCCC.COC(=O)c1cc(O)c([N+](=O)[O-])c(O)c1.COC(=O)c1cc(O)cc(O)c1.O=[N+]([O-])[O-]. The lowest BCUT2D eigenvalue weighted by Crippen LogP contribution is -2.50. The summed E-state index contributed by atoms with van der Waals surface area (Å²) in [5.41, 5.74) is -0.893. The third-order valence-corrected chi connectivity index (χ3v) is 6.94. The van der Waals surface area contributed by atoms with E-state index in [1.165, 1.54) is 101 Å². The topological polar surface area (TPSA) is 243 Å². The van der Waals surface area contributed by atoms with E-state index in [1.807, 2.05) is 0 Å². The van der Waals surface area contributed by atoms with E-state index < -0.39 is 39.1 Å². The Kier molecular flexibility index (Phi) is 23.8. The van der Waals surface area contributed by atoms with Crippen molar-refractivity contribution in [1.82, 2.24) is 0 Å². The minimum atomic E-state index is -1.75. The predicted molar refractivity (Wildman–Crippen MR) is 179 cm³/mol. The van der Waals surface area contributed by atoms with Crippen molar-refractivity contribution in [2.75, 3.05) is 40.4 Å². The monoisotopic (exact) mass is 685 g/mol. The van der Waals surface area contributed by atoms with E-state index in [9.17, 15) is 29.9 Å². The van der Waals surface area contributed by atoms with Gasteiger partial charge in [-0.1, -0.05) is 53.4 Å². The van der Waals surface area contributed by atoms with E-state index >= 15 is 0 Å². The second-order valence-electron chi connectivity index (χ2n) is 10.7. The number of nitro benzene ring substituents is 1. The number of carbonyl (C=O) groups is 2. The number of nitrogens with zero attached hydrogens (tertiary/aromatic N) is 3. The van der Waals surface area contributed by atoms with Crippen molar-refractivity contribution in [3.63, 3.8) is 0 Å². The average molecular weight is 686 g/mol. The average Bonchev–Trinajstić information content (AvgIpc) is 3.02. The zero-order valence-corrected chi connectivity index (χ0v) is 28.7. The second kappa shape index (κ2) is 25.3. The summed E-state index contributed by atoms with van der Waals surface area (Å²) in [4.78, 5) is 39.5. The van der Waals surface area contributed by atoms with Crippen LogP contribution in [0, 0.1) is 25.4 Å². The van der Waals surface area contributed by atoms with Gasteiger partial charge >= 0.3 is 17.6 Å². The molecule has 0 heterocycles. The highest BCUT2D eigenvalue weighted by Crippen LogP contribution is 2.36. The summed E-state index contributed by atoms with van der Waals surface area (Å²) in [7, 11) is 2.33. The summed E-state index contributed by atoms with van der Waals surface area (Å²) < 4.78 is 10.1. The largest absolute Gasteiger partial charge is 0.508 e. The van der Waals surface area contributed by atoms with Crippen LogP contribution in [0.25, 0.3) is 0 Å². The Morgan fingerprint density at radius 1 is 0.625 bits per heavy atom. The summed E-state index contributed by atoms with van der Waals surface area (Å²) >= 11 is 0. The number of phenolic OH excluding ortho intramolecular Hbond substituents is 4. The summed E-state index contributed by atoms with van der Waals surface area (Å²) in [6.07, 6.45) is 11.1. The number of hydrogen-bond acceptors (Lipinski definition) is 13. The molecule has 0 saturated carbocycles. The van der Waals surface area contributed by atoms with Gasteiger partial charge in [0.1, 0.15) is 11.5 Å². The van der Waals surface area contributed by atoms with E-state index in [2.05, 4.69) is 37.2 Å². The highest BCUT2D eigenvalue weighted by Gasteiger charge is 2.25. The maximum absolute atomic E-state index is 11.0. The number of quaternary nitrogens is 1. The molecule has 16 heteroatoms. The van der Waals surface area contributed by atoms with Gasteiger partial charge in [-0.25, -0.2) is 9.59 Å². The van der Waals surface area contributed by atoms with Crippen LogP contribution in [-0.4, -0.2) is 87.3 Å². The minimum Gasteiger partial charge on any atom is -0.508 e. The molecule has 4 N–H and O–H groups in total. The van der Waals surface area contributed by atoms with Gasteiger partial charge in [-0.3, -0.25) is 10.1 Å². The molecular formula is C32H51N3O13. The van der Waals surface area contributed by atoms with Crippen molar-refractivity contribution in [3.8, 4) is 23.0 Å². The van der Waals surface area contributed by atoms with Gasteiger partial charge in [-0.2, -0.15) is 0 Å². The first kappa shape index (κ1) is 45.3. The molecule has 0 bridgehead atoms. The lowest BCUT2D eigenvalue weighted by atomic mass is 10.1. The highest BCUT2D eigenvalue weighted by atomic mass is 16.9. The maximum Gasteiger partial charge on any atom is 0.351 e. The molecule has 0 aliphatic rings. The van der Waals surface area contributed by atoms with Crippen LogP contribution < -0.4 is 0 Å². The molecule has 2 aromatic carbocycles. The van der Waals surface area contributed by atoms with Crippen LogP contribution in [0.4, 0.5) is 5.69 Å². The molecule has 2 aromatic rings. The summed E-state index contributed by atoms with van der Waals surface area (Å²) in [6.45, 7) is 15.0. The molecule has 0 spiro atoms. The Balaban J connectivity index is 0. The lowest BCUT2D eigenvalue weighted by molar-refractivity contribution is -0.929. The first-order valence-corrected chi connectivity index (χ1v) is 15.6. The van der Waals surface area contributed by atoms with Crippen molar-refractivity contribution in [2.45, 2.75) is 79.1 Å². The van der Waals surface area contributed by atoms with Crippen LogP contribution >= 0.6 is 0 Å². The molecule has 0 radical (unpaired) electrons. The third kappa shape index (κ3) is 19.0. The zero-order valence-electron chi connectivity index (χ0n) is 28.7. The van der Waals surface area contributed by atoms with Crippen LogP contribution in [0.3, 0.4) is 0 Å². The van der Waals surface area contributed by atoms with E-state index in [0.29, 0.717) is 0 Å². The van der Waals surface area contributed by atoms with Crippen LogP contribution in [-0.2, 0) is 9.47 Å². The highest BCUT2D eigenvalue weighted by molar-refractivity contribution is 5.91. The molecule has 2 rings (SSSR count). The quantitative estimate of drug-likeness (QED) is 0.0683. The number of benzene rings is 2. The normalized spacial score (nSPS) is 10.1. The number of aromatic hydroxyl groups is 4. The van der Waals surface area contributed by atoms with Gasteiger partial charge in [0.05, 0.1) is 61.5 Å². The maximum atomic E-state index is 11.0. The molecular weight excluding hydrogens is 634 g/mol. The Bertz CT molecular complexity index is 1190. The molecule has 272 valence electrons. The molecule has 0 saturated heterocycles. The number of carbonyl (C=O) groups excluding carboxylic acids is 2. The molecule has 0 aliphatic heterocycles. The zero-order chi connectivity index (χ0) is 37.3. The van der Waals surface area contributed by atoms with Gasteiger partial charge in [-0.05, 0) is 37.8 Å². The number of nitro groups is 1. The Morgan fingerprint density at radius 2 is 0.917 bits per heavy atom. The van der Waals surface area contributed by atoms with Crippen molar-refractivity contribution in [2.24, 2.45) is 0 Å². The van der Waals surface area contributed by atoms with Crippen molar-refractivity contribution >= 4 is 17.6 Å². The van der Waals surface area contributed by atoms with Gasteiger partial charge in [0.15, 0.2) is 11.5 Å². The first-order chi connectivity index (χ1) is 22.6. The molecule has 0 unspecified atom stereocenters. The molecule has 16 nitrogen and oxygen atoms in total. The van der Waals surface area contributed by atoms with E-state index in [0.717, 1.165) is 25.3 Å². The van der Waals surface area contributed by atoms with Gasteiger partial charge in [0, 0.05) is 18.2 Å². The van der Waals surface area contributed by atoms with Crippen molar-refractivity contribution < 1.29 is 54.0 Å². The molecule has 0 amide bonds. The van der Waals surface area contributed by atoms with Crippen LogP contribution in [0.2, 0.25) is 0 Å². The van der Waals surface area contributed by atoms with E-state index in [4.69, 9.17) is 25.5 Å². The number of ether oxygens (including phenoxy) is 2. The predicted octanol–water partition coefficient (Wildman–Crippen LogP) is 6.44.